The standard InChI is InChI=1S/C43H56F2N10O16P2/c1-9-11-13-26(56)52-34-30-36(48-17-46-34)54(19-50-30)38-28(44)32-24(69-38)16-66-73(61,68-22-63-41(59)43(6,7)8)71-33-25(15-65-72(60,23-64-32)67-21-62-40(58)42(3,4)5)70-39(29(33)45)55-20-51-31-35(47-18-49-37(31)55)53-27(57)14-12-10-2/h9-10,17-20,24-25,28-29,32-33,38-39H,1-2,11-16,21-23H2,3-8H3,(H,46,48,52,56)(H,47,49,53,57)/t24-,25-,28-,29-,32-,33-,38-,39-,72?,73?/m1/s1. The molecule has 3 aliphatic heterocycles. The van der Waals surface area contributed by atoms with E-state index in [1.807, 2.05) is 0 Å². The number of hydrogen-bond donors (Lipinski definition) is 2. The van der Waals surface area contributed by atoms with Crippen molar-refractivity contribution < 1.29 is 83.4 Å². The van der Waals surface area contributed by atoms with E-state index in [1.165, 1.54) is 20.8 Å². The van der Waals surface area contributed by atoms with Crippen molar-refractivity contribution in [3.63, 3.8) is 0 Å². The Labute approximate surface area is 416 Å². The molecule has 2 N–H and O–H groups in total. The monoisotopic (exact) mass is 1070 g/mol. The summed E-state index contributed by atoms with van der Waals surface area (Å²) in [6.07, 6.45) is -7.65. The molecule has 30 heteroatoms. The van der Waals surface area contributed by atoms with Gasteiger partial charge < -0.3 is 38.8 Å². The zero-order valence-electron chi connectivity index (χ0n) is 40.6. The largest absolute Gasteiger partial charge is 0.478 e. The molecule has 0 bridgehead atoms. The molecule has 4 aromatic rings. The Morgan fingerprint density at radius 3 is 1.67 bits per heavy atom. The Morgan fingerprint density at radius 1 is 0.712 bits per heavy atom. The van der Waals surface area contributed by atoms with Gasteiger partial charge in [-0.25, -0.2) is 47.8 Å². The average Bonchev–Trinajstić information content (AvgIpc) is 4.11. The number of carbonyl (C=O) groups excluding carboxylic acids is 4. The number of ether oxygens (including phenoxy) is 5. The molecule has 0 spiro atoms. The molecule has 2 unspecified atom stereocenters. The van der Waals surface area contributed by atoms with Crippen molar-refractivity contribution in [2.75, 3.05) is 43.8 Å². The Kier molecular flexibility index (Phi) is 17.3. The second kappa shape index (κ2) is 22.9. The number of phosphoric acid groups is 1. The Balaban J connectivity index is 1.23. The highest BCUT2D eigenvalue weighted by Gasteiger charge is 2.55. The summed E-state index contributed by atoms with van der Waals surface area (Å²) in [6, 6.07) is 0. The maximum atomic E-state index is 17.3. The van der Waals surface area contributed by atoms with E-state index < -0.39 is 132 Å². The minimum atomic E-state index is -5.23. The van der Waals surface area contributed by atoms with Crippen LogP contribution in [0.1, 0.15) is 79.7 Å². The fourth-order valence-corrected chi connectivity index (χ4v) is 9.59. The van der Waals surface area contributed by atoms with Crippen LogP contribution in [0.2, 0.25) is 0 Å². The van der Waals surface area contributed by atoms with Crippen LogP contribution in [0.5, 0.6) is 0 Å². The van der Waals surface area contributed by atoms with Crippen molar-refractivity contribution in [2.24, 2.45) is 10.8 Å². The van der Waals surface area contributed by atoms with Crippen LogP contribution < -0.4 is 10.6 Å². The van der Waals surface area contributed by atoms with Gasteiger partial charge in [0.25, 0.3) is 0 Å². The number of nitrogens with zero attached hydrogens (tertiary/aromatic N) is 8. The average molecular weight is 1070 g/mol. The van der Waals surface area contributed by atoms with Gasteiger partial charge >= 0.3 is 27.4 Å². The zero-order valence-corrected chi connectivity index (χ0v) is 42.4. The summed E-state index contributed by atoms with van der Waals surface area (Å²) >= 11 is 0. The number of hydrogen-bond acceptors (Lipinski definition) is 22. The third kappa shape index (κ3) is 13.1. The van der Waals surface area contributed by atoms with Gasteiger partial charge in [-0.05, 0) is 54.4 Å². The van der Waals surface area contributed by atoms with Crippen molar-refractivity contribution in [1.29, 1.82) is 0 Å². The van der Waals surface area contributed by atoms with Crippen molar-refractivity contribution >= 4 is 73.1 Å². The third-order valence-electron chi connectivity index (χ3n) is 11.0. The van der Waals surface area contributed by atoms with Crippen molar-refractivity contribution in [3.05, 3.63) is 50.6 Å². The molecule has 0 aromatic carbocycles. The number of allylic oxidation sites excluding steroid dienone is 2. The predicted molar refractivity (Wildman–Crippen MR) is 249 cm³/mol. The summed E-state index contributed by atoms with van der Waals surface area (Å²) in [6.45, 7) is 12.7. The van der Waals surface area contributed by atoms with E-state index in [9.17, 15) is 28.3 Å². The van der Waals surface area contributed by atoms with Gasteiger partial charge in [-0.1, -0.05) is 12.2 Å². The molecule has 26 nitrogen and oxygen atoms in total. The summed E-state index contributed by atoms with van der Waals surface area (Å²) < 4.78 is 123. The summed E-state index contributed by atoms with van der Waals surface area (Å²) in [7, 11) is -9.99. The van der Waals surface area contributed by atoms with Crippen molar-refractivity contribution in [3.8, 4) is 0 Å². The number of alkyl halides is 2. The van der Waals surface area contributed by atoms with Crippen molar-refractivity contribution in [1.82, 2.24) is 39.0 Å². The molecule has 10 atom stereocenters. The first kappa shape index (κ1) is 55.2. The van der Waals surface area contributed by atoms with Gasteiger partial charge in [-0.3, -0.25) is 46.4 Å². The van der Waals surface area contributed by atoms with Crippen LogP contribution in [0.4, 0.5) is 20.4 Å². The first-order valence-electron chi connectivity index (χ1n) is 22.7. The molecule has 73 heavy (non-hydrogen) atoms. The van der Waals surface area contributed by atoms with Crippen LogP contribution in [-0.2, 0) is 74.6 Å². The predicted octanol–water partition coefficient (Wildman–Crippen LogP) is 6.15. The maximum Gasteiger partial charge on any atom is 0.478 e. The second-order valence-corrected chi connectivity index (χ2v) is 22.3. The normalized spacial score (nSPS) is 27.9. The number of aromatic nitrogens is 8. The van der Waals surface area contributed by atoms with Gasteiger partial charge in [0.15, 0.2) is 58.8 Å². The number of phosphoric ester groups is 1. The molecule has 0 aliphatic carbocycles. The van der Waals surface area contributed by atoms with E-state index in [2.05, 4.69) is 53.7 Å². The van der Waals surface area contributed by atoms with E-state index in [0.29, 0.717) is 12.8 Å². The second-order valence-electron chi connectivity index (χ2n) is 18.7. The zero-order chi connectivity index (χ0) is 52.9. The quantitative estimate of drug-likeness (QED) is 0.0550. The molecule has 7 rings (SSSR count). The number of halogens is 2. The third-order valence-corrected chi connectivity index (χ3v) is 13.9. The molecule has 2 amide bonds. The van der Waals surface area contributed by atoms with Crippen LogP contribution >= 0.6 is 15.4 Å². The maximum absolute atomic E-state index is 17.3. The SMILES string of the molecule is C=CCCC(=O)Nc1ncnc2c1ncn2[C@@H]1O[C@@H]2COP(=O)(OCOC(=O)C(C)(C)C)O[C@H]3[C@@H](F)[C@H](n4cnc5c(NC(=O)CCC=C)ncnc54)O[C@@H]3COP(=O)(OCOC(=O)C(C)(C)C)CO[C@H]2[C@H]1F. The fraction of sp³-hybridized carbons (Fsp3) is 0.581. The number of imidazole rings is 2. The molecule has 0 radical (unpaired) electrons. The van der Waals surface area contributed by atoms with E-state index in [0.717, 1.165) is 34.4 Å². The summed E-state index contributed by atoms with van der Waals surface area (Å²) in [4.78, 5) is 75.9. The molecule has 398 valence electrons. The van der Waals surface area contributed by atoms with Gasteiger partial charge in [0.05, 0.1) is 36.7 Å². The highest BCUT2D eigenvalue weighted by molar-refractivity contribution is 7.53. The van der Waals surface area contributed by atoms with Gasteiger partial charge in [-0.2, -0.15) is 0 Å². The topological polar surface area (TPSA) is 306 Å². The molecule has 0 saturated carbocycles. The molecule has 4 aromatic heterocycles. The minimum Gasteiger partial charge on any atom is -0.438 e. The van der Waals surface area contributed by atoms with Gasteiger partial charge in [0.1, 0.15) is 43.4 Å². The lowest BCUT2D eigenvalue weighted by atomic mass is 9.98. The molecule has 3 saturated heterocycles. The van der Waals surface area contributed by atoms with Crippen molar-refractivity contribution in [2.45, 2.75) is 116 Å². The number of nitrogens with one attached hydrogen (secondary N) is 2. The van der Waals surface area contributed by atoms with Gasteiger partial charge in [-0.15, -0.1) is 13.2 Å². The van der Waals surface area contributed by atoms with E-state index in [4.69, 9.17) is 46.3 Å². The van der Waals surface area contributed by atoms with Gasteiger partial charge in [0.2, 0.25) is 25.4 Å². The number of anilines is 2. The number of fused-ring (bicyclic) bond motifs is 4. The Morgan fingerprint density at radius 2 is 1.18 bits per heavy atom. The van der Waals surface area contributed by atoms with Crippen LogP contribution in [-0.4, -0.2) is 133 Å². The Bertz CT molecular complexity index is 2790. The lowest BCUT2D eigenvalue weighted by Crippen LogP contribution is -2.35. The number of esters is 2. The fourth-order valence-electron chi connectivity index (χ4n) is 7.17. The van der Waals surface area contributed by atoms with E-state index >= 15 is 8.78 Å². The summed E-state index contributed by atoms with van der Waals surface area (Å²) in [5.74, 6) is -2.40. The highest BCUT2D eigenvalue weighted by atomic mass is 31.2. The van der Waals surface area contributed by atoms with E-state index in [1.54, 1.807) is 32.9 Å². The first-order chi connectivity index (χ1) is 34.5. The summed E-state index contributed by atoms with van der Waals surface area (Å²) in [5, 5.41) is 5.25. The lowest BCUT2D eigenvalue weighted by molar-refractivity contribution is -0.161. The minimum absolute atomic E-state index is 0.00315. The van der Waals surface area contributed by atoms with Crippen LogP contribution in [0.25, 0.3) is 22.3 Å². The Hall–Kier alpha value is -5.54. The molecule has 7 heterocycles. The van der Waals surface area contributed by atoms with Crippen LogP contribution in [0.15, 0.2) is 50.6 Å². The summed E-state index contributed by atoms with van der Waals surface area (Å²) in [5.41, 5.74) is -2.06. The molecular formula is C43H56F2N10O16P2. The number of amides is 2. The van der Waals surface area contributed by atoms with Gasteiger partial charge in [0, 0.05) is 12.8 Å². The van der Waals surface area contributed by atoms with Crippen LogP contribution in [0, 0.1) is 10.8 Å². The highest BCUT2D eigenvalue weighted by Crippen LogP contribution is 2.56. The van der Waals surface area contributed by atoms with E-state index in [-0.39, 0.29) is 46.8 Å². The molecule has 3 aliphatic rings. The first-order valence-corrected chi connectivity index (χ1v) is 25.9. The van der Waals surface area contributed by atoms with Crippen LogP contribution in [0.3, 0.4) is 0 Å². The molecule has 3 fully saturated rings. The molecular weight excluding hydrogens is 1010 g/mol. The number of carbonyl (C=O) groups is 4. The lowest BCUT2D eigenvalue weighted by Gasteiger charge is -2.26. The smallest absolute Gasteiger partial charge is 0.438 e. The number of rotatable bonds is 16.